The summed E-state index contributed by atoms with van der Waals surface area (Å²) in [5.74, 6) is 1.30. The topological polar surface area (TPSA) is 77.2 Å². The van der Waals surface area contributed by atoms with Gasteiger partial charge in [-0.15, -0.1) is 10.2 Å². The molecule has 0 radical (unpaired) electrons. The van der Waals surface area contributed by atoms with Crippen LogP contribution >= 0.6 is 11.8 Å². The molecule has 0 saturated heterocycles. The molecule has 0 saturated carbocycles. The van der Waals surface area contributed by atoms with E-state index in [9.17, 15) is 4.79 Å². The van der Waals surface area contributed by atoms with Crippen molar-refractivity contribution in [3.63, 3.8) is 0 Å². The molecule has 0 aliphatic rings. The van der Waals surface area contributed by atoms with Crippen LogP contribution in [0.4, 0.5) is 5.88 Å². The van der Waals surface area contributed by atoms with E-state index in [4.69, 9.17) is 9.15 Å². The summed E-state index contributed by atoms with van der Waals surface area (Å²) in [6.45, 7) is 0. The van der Waals surface area contributed by atoms with Crippen LogP contribution in [-0.4, -0.2) is 29.0 Å². The van der Waals surface area contributed by atoms with Gasteiger partial charge in [-0.25, -0.2) is 0 Å². The minimum Gasteiger partial charge on any atom is -0.497 e. The highest BCUT2D eigenvalue weighted by molar-refractivity contribution is 7.99. The number of furan rings is 1. The Hall–Kier alpha value is -2.80. The number of hydrogen-bond acceptors (Lipinski definition) is 6. The number of benzene rings is 1. The van der Waals surface area contributed by atoms with E-state index in [0.717, 1.165) is 17.0 Å². The molecule has 0 unspecified atom stereocenters. The third-order valence-electron chi connectivity index (χ3n) is 3.16. The summed E-state index contributed by atoms with van der Waals surface area (Å²) < 4.78 is 10.2. The second-order valence-corrected chi connectivity index (χ2v) is 5.80. The minimum atomic E-state index is -0.156. The normalized spacial score (nSPS) is 10.4. The van der Waals surface area contributed by atoms with Crippen LogP contribution in [0.5, 0.6) is 5.75 Å². The Balaban J connectivity index is 1.56. The van der Waals surface area contributed by atoms with Crippen LogP contribution in [-0.2, 0) is 4.79 Å². The number of anilines is 1. The van der Waals surface area contributed by atoms with E-state index >= 15 is 0 Å². The Bertz CT molecular complexity index is 787. The number of aromatic nitrogens is 2. The Labute approximate surface area is 143 Å². The van der Waals surface area contributed by atoms with Gasteiger partial charge in [0.25, 0.3) is 0 Å². The van der Waals surface area contributed by atoms with E-state index in [0.29, 0.717) is 10.9 Å². The maximum absolute atomic E-state index is 11.8. The Morgan fingerprint density at radius 3 is 2.62 bits per heavy atom. The van der Waals surface area contributed by atoms with Crippen molar-refractivity contribution in [3.8, 4) is 17.0 Å². The highest BCUT2D eigenvalue weighted by Gasteiger charge is 2.07. The number of methoxy groups -OCH3 is 1. The highest BCUT2D eigenvalue weighted by atomic mass is 32.2. The molecule has 0 atom stereocenters. The fourth-order valence-electron chi connectivity index (χ4n) is 1.98. The lowest BCUT2D eigenvalue weighted by Gasteiger charge is -2.04. The fraction of sp³-hybridized carbons (Fsp3) is 0.118. The van der Waals surface area contributed by atoms with E-state index in [1.165, 1.54) is 18.0 Å². The first-order valence-corrected chi connectivity index (χ1v) is 8.17. The first-order valence-electron chi connectivity index (χ1n) is 7.19. The summed E-state index contributed by atoms with van der Waals surface area (Å²) in [4.78, 5) is 11.8. The van der Waals surface area contributed by atoms with E-state index in [1.54, 1.807) is 19.2 Å². The van der Waals surface area contributed by atoms with Gasteiger partial charge in [0.1, 0.15) is 10.8 Å². The largest absolute Gasteiger partial charge is 0.497 e. The smallest absolute Gasteiger partial charge is 0.237 e. The number of thioether (sulfide) groups is 1. The van der Waals surface area contributed by atoms with Crippen molar-refractivity contribution in [2.75, 3.05) is 18.2 Å². The van der Waals surface area contributed by atoms with Crippen LogP contribution < -0.4 is 10.1 Å². The standard InChI is InChI=1S/C17H15N3O3S/c1-22-13-6-4-12(5-7-13)14-8-9-17(20-19-14)24-11-15(21)18-16-3-2-10-23-16/h2-10H,11H2,1H3,(H,18,21). The molecule has 0 aliphatic heterocycles. The van der Waals surface area contributed by atoms with Crippen molar-refractivity contribution in [1.29, 1.82) is 0 Å². The van der Waals surface area contributed by atoms with Gasteiger partial charge in [0.15, 0.2) is 5.88 Å². The van der Waals surface area contributed by atoms with Gasteiger partial charge in [-0.2, -0.15) is 0 Å². The van der Waals surface area contributed by atoms with Crippen molar-refractivity contribution in [3.05, 3.63) is 54.8 Å². The monoisotopic (exact) mass is 341 g/mol. The molecule has 24 heavy (non-hydrogen) atoms. The second kappa shape index (κ2) is 7.65. The van der Waals surface area contributed by atoms with Crippen LogP contribution in [0.3, 0.4) is 0 Å². The molecule has 0 aliphatic carbocycles. The van der Waals surface area contributed by atoms with Gasteiger partial charge in [-0.1, -0.05) is 11.8 Å². The minimum absolute atomic E-state index is 0.156. The maximum atomic E-state index is 11.8. The van der Waals surface area contributed by atoms with Crippen molar-refractivity contribution in [1.82, 2.24) is 10.2 Å². The molecule has 7 heteroatoms. The molecule has 3 aromatic rings. The summed E-state index contributed by atoms with van der Waals surface area (Å²) in [6.07, 6.45) is 1.51. The molecule has 1 N–H and O–H groups in total. The maximum Gasteiger partial charge on any atom is 0.237 e. The van der Waals surface area contributed by atoms with Gasteiger partial charge in [0.05, 0.1) is 24.8 Å². The van der Waals surface area contributed by atoms with Crippen molar-refractivity contribution in [2.24, 2.45) is 0 Å². The predicted octanol–water partition coefficient (Wildman–Crippen LogP) is 3.48. The van der Waals surface area contributed by atoms with Crippen molar-refractivity contribution >= 4 is 23.6 Å². The molecule has 3 rings (SSSR count). The number of nitrogens with one attached hydrogen (secondary N) is 1. The van der Waals surface area contributed by atoms with Crippen LogP contribution in [0.15, 0.2) is 64.2 Å². The van der Waals surface area contributed by atoms with E-state index in [1.807, 2.05) is 36.4 Å². The number of carbonyl (C=O) groups excluding carboxylic acids is 1. The van der Waals surface area contributed by atoms with Gasteiger partial charge in [0.2, 0.25) is 5.91 Å². The lowest BCUT2D eigenvalue weighted by atomic mass is 10.1. The van der Waals surface area contributed by atoms with Gasteiger partial charge < -0.3 is 9.15 Å². The quantitative estimate of drug-likeness (QED) is 0.692. The molecule has 1 amide bonds. The summed E-state index contributed by atoms with van der Waals surface area (Å²) in [6, 6.07) is 14.7. The lowest BCUT2D eigenvalue weighted by molar-refractivity contribution is -0.113. The highest BCUT2D eigenvalue weighted by Crippen LogP contribution is 2.22. The Morgan fingerprint density at radius 2 is 2.00 bits per heavy atom. The average molecular weight is 341 g/mol. The summed E-state index contributed by atoms with van der Waals surface area (Å²) in [5, 5.41) is 11.7. The third-order valence-corrected chi connectivity index (χ3v) is 4.08. The van der Waals surface area contributed by atoms with E-state index in [2.05, 4.69) is 15.5 Å². The molecule has 2 heterocycles. The molecule has 0 fully saturated rings. The van der Waals surface area contributed by atoms with E-state index in [-0.39, 0.29) is 11.7 Å². The molecule has 2 aromatic heterocycles. The summed E-state index contributed by atoms with van der Waals surface area (Å²) in [7, 11) is 1.63. The molecular weight excluding hydrogens is 326 g/mol. The molecule has 6 nitrogen and oxygen atoms in total. The summed E-state index contributed by atoms with van der Waals surface area (Å²) in [5.41, 5.74) is 1.72. The second-order valence-electron chi connectivity index (χ2n) is 4.80. The molecule has 1 aromatic carbocycles. The third kappa shape index (κ3) is 4.14. The van der Waals surface area contributed by atoms with Gasteiger partial charge in [-0.3, -0.25) is 10.1 Å². The average Bonchev–Trinajstić information content (AvgIpc) is 3.13. The first-order chi connectivity index (χ1) is 11.7. The van der Waals surface area contributed by atoms with Crippen molar-refractivity contribution in [2.45, 2.75) is 5.03 Å². The first kappa shape index (κ1) is 16.1. The number of rotatable bonds is 6. The molecule has 122 valence electrons. The van der Waals surface area contributed by atoms with E-state index < -0.39 is 0 Å². The SMILES string of the molecule is COc1ccc(-c2ccc(SCC(=O)Nc3ccco3)nn2)cc1. The number of nitrogens with zero attached hydrogens (tertiary/aromatic N) is 2. The Morgan fingerprint density at radius 1 is 1.17 bits per heavy atom. The van der Waals surface area contributed by atoms with Crippen LogP contribution in [0, 0.1) is 0 Å². The summed E-state index contributed by atoms with van der Waals surface area (Å²) >= 11 is 1.31. The lowest BCUT2D eigenvalue weighted by Crippen LogP contribution is -2.13. The zero-order valence-corrected chi connectivity index (χ0v) is 13.7. The number of ether oxygens (including phenoxy) is 1. The fourth-order valence-corrected chi connectivity index (χ4v) is 2.59. The Kier molecular flexibility index (Phi) is 5.12. The molecule has 0 bridgehead atoms. The molecule has 0 spiro atoms. The van der Waals surface area contributed by atoms with Crippen LogP contribution in [0.1, 0.15) is 0 Å². The van der Waals surface area contributed by atoms with Crippen molar-refractivity contribution < 1.29 is 13.9 Å². The predicted molar refractivity (Wildman–Crippen MR) is 92.1 cm³/mol. The van der Waals surface area contributed by atoms with Crippen LogP contribution in [0.25, 0.3) is 11.3 Å². The van der Waals surface area contributed by atoms with Gasteiger partial charge in [0, 0.05) is 11.6 Å². The molecular formula is C17H15N3O3S. The zero-order valence-electron chi connectivity index (χ0n) is 12.9. The number of carbonyl (C=O) groups is 1. The van der Waals surface area contributed by atoms with Gasteiger partial charge >= 0.3 is 0 Å². The van der Waals surface area contributed by atoms with Crippen LogP contribution in [0.2, 0.25) is 0 Å². The number of hydrogen-bond donors (Lipinski definition) is 1. The number of amides is 1. The van der Waals surface area contributed by atoms with Gasteiger partial charge in [-0.05, 0) is 42.5 Å². The zero-order chi connectivity index (χ0) is 16.8.